The van der Waals surface area contributed by atoms with Crippen LogP contribution in [0.25, 0.3) is 0 Å². The third kappa shape index (κ3) is 4.73. The summed E-state index contributed by atoms with van der Waals surface area (Å²) in [7, 11) is 0. The molecule has 0 fully saturated rings. The number of carbonyl (C=O) groups excluding carboxylic acids is 1. The van der Waals surface area contributed by atoms with Gasteiger partial charge in [-0.2, -0.15) is 0 Å². The van der Waals surface area contributed by atoms with Crippen molar-refractivity contribution in [2.24, 2.45) is 0 Å². The van der Waals surface area contributed by atoms with Gasteiger partial charge in [0.2, 0.25) is 5.91 Å². The monoisotopic (exact) mass is 221 g/mol. The molecule has 0 radical (unpaired) electrons. The van der Waals surface area contributed by atoms with Crippen LogP contribution in [0.2, 0.25) is 0 Å². The summed E-state index contributed by atoms with van der Waals surface area (Å²) in [5, 5.41) is 2.75. The zero-order valence-electron chi connectivity index (χ0n) is 9.42. The largest absolute Gasteiger partial charge is 0.352 e. The van der Waals surface area contributed by atoms with Gasteiger partial charge in [-0.1, -0.05) is 24.3 Å². The van der Waals surface area contributed by atoms with Crippen molar-refractivity contribution in [1.82, 2.24) is 5.32 Å². The number of hydrogen-bond acceptors (Lipinski definition) is 1. The molecule has 2 nitrogen and oxygen atoms in total. The molecule has 0 atom stereocenters. The predicted molar refractivity (Wildman–Crippen MR) is 62.5 cm³/mol. The molecule has 0 aliphatic heterocycles. The van der Waals surface area contributed by atoms with Gasteiger partial charge >= 0.3 is 0 Å². The number of carbonyl (C=O) groups is 1. The molecule has 0 bridgehead atoms. The minimum absolute atomic E-state index is 0.00711. The summed E-state index contributed by atoms with van der Waals surface area (Å²) >= 11 is 0. The second-order valence-electron chi connectivity index (χ2n) is 3.86. The lowest BCUT2D eigenvalue weighted by Gasteiger charge is -2.04. The van der Waals surface area contributed by atoms with Gasteiger partial charge in [0, 0.05) is 13.0 Å². The van der Waals surface area contributed by atoms with Crippen LogP contribution in [0.5, 0.6) is 0 Å². The maximum absolute atomic E-state index is 12.6. The van der Waals surface area contributed by atoms with Gasteiger partial charge in [-0.3, -0.25) is 4.79 Å². The lowest BCUT2D eigenvalue weighted by atomic mass is 10.1. The van der Waals surface area contributed by atoms with Crippen LogP contribution in [0, 0.1) is 5.82 Å². The van der Waals surface area contributed by atoms with Crippen LogP contribution in [0.15, 0.2) is 36.4 Å². The number of nitrogens with one attached hydrogen (secondary N) is 1. The van der Waals surface area contributed by atoms with Crippen molar-refractivity contribution in [2.75, 3.05) is 6.54 Å². The highest BCUT2D eigenvalue weighted by Gasteiger charge is 2.01. The molecule has 0 aliphatic rings. The van der Waals surface area contributed by atoms with E-state index in [1.165, 1.54) is 12.1 Å². The van der Waals surface area contributed by atoms with Crippen LogP contribution < -0.4 is 5.32 Å². The predicted octanol–water partition coefficient (Wildman–Crippen LogP) is 2.45. The van der Waals surface area contributed by atoms with Gasteiger partial charge in [0.05, 0.1) is 0 Å². The topological polar surface area (TPSA) is 29.1 Å². The second-order valence-corrected chi connectivity index (χ2v) is 3.86. The molecule has 1 amide bonds. The lowest BCUT2D eigenvalue weighted by Crippen LogP contribution is -2.24. The standard InChI is InChI=1S/C13H16FNO/c1-10(2)9-15-13(16)8-5-11-3-6-12(14)7-4-11/h3-4,6-7H,1,5,8-9H2,2H3,(H,15,16). The van der Waals surface area contributed by atoms with E-state index in [2.05, 4.69) is 11.9 Å². The minimum Gasteiger partial charge on any atom is -0.352 e. The van der Waals surface area contributed by atoms with Crippen molar-refractivity contribution in [3.63, 3.8) is 0 Å². The fraction of sp³-hybridized carbons (Fsp3) is 0.308. The Morgan fingerprint density at radius 3 is 2.56 bits per heavy atom. The van der Waals surface area contributed by atoms with Crippen LogP contribution in [0.3, 0.4) is 0 Å². The highest BCUT2D eigenvalue weighted by Crippen LogP contribution is 2.05. The van der Waals surface area contributed by atoms with Gasteiger partial charge in [0.25, 0.3) is 0 Å². The third-order valence-corrected chi connectivity index (χ3v) is 2.14. The first-order valence-electron chi connectivity index (χ1n) is 5.23. The second kappa shape index (κ2) is 6.05. The fourth-order valence-electron chi connectivity index (χ4n) is 1.25. The zero-order chi connectivity index (χ0) is 12.0. The first-order chi connectivity index (χ1) is 7.58. The molecule has 1 rings (SSSR count). The smallest absolute Gasteiger partial charge is 0.220 e. The number of hydrogen-bond donors (Lipinski definition) is 1. The average Bonchev–Trinajstić information content (AvgIpc) is 2.25. The molecule has 0 aromatic heterocycles. The van der Waals surface area contributed by atoms with Gasteiger partial charge in [-0.25, -0.2) is 4.39 Å². The Labute approximate surface area is 95.2 Å². The molecular formula is C13H16FNO. The van der Waals surface area contributed by atoms with E-state index in [9.17, 15) is 9.18 Å². The Kier molecular flexibility index (Phi) is 4.70. The van der Waals surface area contributed by atoms with Crippen molar-refractivity contribution < 1.29 is 9.18 Å². The molecule has 1 aromatic carbocycles. The Hall–Kier alpha value is -1.64. The van der Waals surface area contributed by atoms with Crippen LogP contribution in [0.4, 0.5) is 4.39 Å². The van der Waals surface area contributed by atoms with Crippen LogP contribution in [-0.2, 0) is 11.2 Å². The van der Waals surface area contributed by atoms with Crippen LogP contribution in [0.1, 0.15) is 18.9 Å². The molecule has 86 valence electrons. The van der Waals surface area contributed by atoms with Gasteiger partial charge < -0.3 is 5.32 Å². The lowest BCUT2D eigenvalue weighted by molar-refractivity contribution is -0.120. The summed E-state index contributed by atoms with van der Waals surface area (Å²) in [5.41, 5.74) is 1.89. The average molecular weight is 221 g/mol. The normalized spacial score (nSPS) is 9.88. The van der Waals surface area contributed by atoms with Crippen LogP contribution in [-0.4, -0.2) is 12.5 Å². The molecule has 1 N–H and O–H groups in total. The van der Waals surface area contributed by atoms with E-state index in [4.69, 9.17) is 0 Å². The third-order valence-electron chi connectivity index (χ3n) is 2.14. The van der Waals surface area contributed by atoms with Crippen LogP contribution >= 0.6 is 0 Å². The number of benzene rings is 1. The number of rotatable bonds is 5. The Morgan fingerprint density at radius 2 is 2.00 bits per heavy atom. The van der Waals surface area contributed by atoms with E-state index >= 15 is 0 Å². The highest BCUT2D eigenvalue weighted by atomic mass is 19.1. The molecule has 1 aromatic rings. The van der Waals surface area contributed by atoms with Crippen molar-refractivity contribution in [3.05, 3.63) is 47.8 Å². The summed E-state index contributed by atoms with van der Waals surface area (Å²) < 4.78 is 12.6. The summed E-state index contributed by atoms with van der Waals surface area (Å²) in [4.78, 5) is 11.4. The molecule has 0 heterocycles. The Morgan fingerprint density at radius 1 is 1.38 bits per heavy atom. The maximum atomic E-state index is 12.6. The van der Waals surface area contributed by atoms with Gasteiger partial charge in [-0.05, 0) is 31.0 Å². The summed E-state index contributed by atoms with van der Waals surface area (Å²) in [5.74, 6) is -0.261. The summed E-state index contributed by atoms with van der Waals surface area (Å²) in [6, 6.07) is 6.20. The van der Waals surface area contributed by atoms with E-state index in [1.54, 1.807) is 12.1 Å². The van der Waals surface area contributed by atoms with Crippen molar-refractivity contribution in [1.29, 1.82) is 0 Å². The SMILES string of the molecule is C=C(C)CNC(=O)CCc1ccc(F)cc1. The maximum Gasteiger partial charge on any atom is 0.220 e. The minimum atomic E-state index is -0.254. The quantitative estimate of drug-likeness (QED) is 0.760. The van der Waals surface area contributed by atoms with Crippen molar-refractivity contribution in [3.8, 4) is 0 Å². The molecule has 0 spiro atoms. The number of halogens is 1. The first kappa shape index (κ1) is 12.4. The molecule has 0 aliphatic carbocycles. The molecule has 0 unspecified atom stereocenters. The highest BCUT2D eigenvalue weighted by molar-refractivity contribution is 5.76. The number of aryl methyl sites for hydroxylation is 1. The zero-order valence-corrected chi connectivity index (χ0v) is 9.42. The van der Waals surface area contributed by atoms with Crippen molar-refractivity contribution in [2.45, 2.75) is 19.8 Å². The van der Waals surface area contributed by atoms with E-state index in [0.717, 1.165) is 11.1 Å². The molecule has 16 heavy (non-hydrogen) atoms. The molecular weight excluding hydrogens is 205 g/mol. The molecule has 3 heteroatoms. The molecule has 0 saturated heterocycles. The summed E-state index contributed by atoms with van der Waals surface area (Å²) in [6.45, 7) is 6.08. The van der Waals surface area contributed by atoms with E-state index < -0.39 is 0 Å². The molecule has 0 saturated carbocycles. The Balaban J connectivity index is 2.31. The van der Waals surface area contributed by atoms with E-state index in [-0.39, 0.29) is 11.7 Å². The number of amides is 1. The fourth-order valence-corrected chi connectivity index (χ4v) is 1.25. The van der Waals surface area contributed by atoms with Gasteiger partial charge in [0.1, 0.15) is 5.82 Å². The van der Waals surface area contributed by atoms with Crippen molar-refractivity contribution >= 4 is 5.91 Å². The Bertz CT molecular complexity index is 370. The van der Waals surface area contributed by atoms with E-state index in [1.807, 2.05) is 6.92 Å². The van der Waals surface area contributed by atoms with E-state index in [0.29, 0.717) is 19.4 Å². The first-order valence-corrected chi connectivity index (χ1v) is 5.23. The van der Waals surface area contributed by atoms with Gasteiger partial charge in [0.15, 0.2) is 0 Å². The van der Waals surface area contributed by atoms with Gasteiger partial charge in [-0.15, -0.1) is 0 Å². The summed E-state index contributed by atoms with van der Waals surface area (Å²) in [6.07, 6.45) is 1.04.